The molecule has 4 aromatic rings. The van der Waals surface area contributed by atoms with Gasteiger partial charge in [-0.05, 0) is 82.4 Å². The van der Waals surface area contributed by atoms with E-state index in [1.807, 2.05) is 60.0 Å². The second-order valence-electron chi connectivity index (χ2n) is 18.3. The van der Waals surface area contributed by atoms with Crippen molar-refractivity contribution >= 4 is 52.4 Å². The number of benzene rings is 2. The van der Waals surface area contributed by atoms with Crippen LogP contribution >= 0.6 is 18.7 Å². The molecular weight excluding hydrogens is 824 g/mol. The molecule has 12 nitrogen and oxygen atoms in total. The Morgan fingerprint density at radius 1 is 0.952 bits per heavy atom. The smallest absolute Gasteiger partial charge is 0.306 e. The first kappa shape index (κ1) is 44.3. The zero-order valence-electron chi connectivity index (χ0n) is 36.3. The maximum absolute atomic E-state index is 15.0. The molecule has 14 heteroatoms. The minimum atomic E-state index is -3.88. The van der Waals surface area contributed by atoms with E-state index in [1.54, 1.807) is 12.0 Å². The summed E-state index contributed by atoms with van der Waals surface area (Å²) in [6.45, 7) is 4.23. The van der Waals surface area contributed by atoms with E-state index in [1.165, 1.54) is 11.3 Å². The third-order valence-corrected chi connectivity index (χ3v) is 17.1. The number of carbonyl (C=O) groups excluding carboxylic acids is 3. The highest BCUT2D eigenvalue weighted by Gasteiger charge is 2.65. The molecule has 0 radical (unpaired) electrons. The Morgan fingerprint density at radius 3 is 2.45 bits per heavy atom. The van der Waals surface area contributed by atoms with Crippen molar-refractivity contribution < 1.29 is 38.1 Å². The van der Waals surface area contributed by atoms with Crippen LogP contribution in [0.15, 0.2) is 60.0 Å². The van der Waals surface area contributed by atoms with Crippen molar-refractivity contribution in [3.05, 3.63) is 65.5 Å². The Labute approximate surface area is 369 Å². The predicted octanol–water partition coefficient (Wildman–Crippen LogP) is 9.96. The van der Waals surface area contributed by atoms with Crippen LogP contribution in [0.25, 0.3) is 22.3 Å². The third-order valence-electron chi connectivity index (χ3n) is 13.5. The van der Waals surface area contributed by atoms with E-state index in [2.05, 4.69) is 19.2 Å². The van der Waals surface area contributed by atoms with Gasteiger partial charge in [-0.15, -0.1) is 11.3 Å². The second kappa shape index (κ2) is 19.2. The number of thiazole rings is 1. The zero-order valence-corrected chi connectivity index (χ0v) is 38.0. The lowest BCUT2D eigenvalue weighted by molar-refractivity contribution is -0.154. The van der Waals surface area contributed by atoms with Gasteiger partial charge < -0.3 is 29.3 Å². The van der Waals surface area contributed by atoms with Crippen LogP contribution in [0.3, 0.4) is 0 Å². The summed E-state index contributed by atoms with van der Waals surface area (Å²) in [5.74, 6) is -0.402. The van der Waals surface area contributed by atoms with Crippen molar-refractivity contribution in [1.82, 2.24) is 14.9 Å². The van der Waals surface area contributed by atoms with Crippen molar-refractivity contribution in [2.75, 3.05) is 19.0 Å². The molecular formula is C48H61N4O8PS. The lowest BCUT2D eigenvalue weighted by atomic mass is 9.94. The van der Waals surface area contributed by atoms with Crippen LogP contribution in [0.4, 0.5) is 5.13 Å². The number of anilines is 1. The monoisotopic (exact) mass is 884 g/mol. The Bertz CT molecular complexity index is 2280. The molecule has 8 rings (SSSR count). The Balaban J connectivity index is 1.12. The van der Waals surface area contributed by atoms with Crippen molar-refractivity contribution in [2.24, 2.45) is 11.8 Å². The molecule has 1 amide bonds. The maximum atomic E-state index is 15.0. The first-order chi connectivity index (χ1) is 29.9. The standard InChI is InChI=1S/C48H61N4O8PS/c1-31(2)49-47-51-41(30-62-47)40-25-44(38-21-20-36(58-3)23-39(38)50-40)59-37-24-42-43(53)27-48(61(56,57)29-32-14-8-7-9-15-32)26-34(48)17-11-6-4-5-10-16-33(46(55)52(42)28-37)22-45(54)60-35-18-12-13-19-35/h7-9,14-15,20-21,23,25,30-31,33-35,37,42H,4-6,10-13,16-19,22,24,26-29H2,1-3H3,(H,49,51)(H,56,57)/t33-,34-,37-,42+,48-/m1/s1. The summed E-state index contributed by atoms with van der Waals surface area (Å²) >= 11 is 1.49. The van der Waals surface area contributed by atoms with Gasteiger partial charge >= 0.3 is 5.97 Å². The summed E-state index contributed by atoms with van der Waals surface area (Å²) in [5, 5.41) is 5.77. The highest BCUT2D eigenvalue weighted by molar-refractivity contribution is 7.59. The molecule has 2 N–H and O–H groups in total. The predicted molar refractivity (Wildman–Crippen MR) is 242 cm³/mol. The number of carbonyl (C=O) groups is 3. The number of ether oxygens (including phenoxy) is 3. The number of methoxy groups -OCH3 is 1. The van der Waals surface area contributed by atoms with E-state index < -0.39 is 30.6 Å². The molecule has 0 spiro atoms. The van der Waals surface area contributed by atoms with Crippen molar-refractivity contribution in [1.29, 1.82) is 0 Å². The molecule has 2 saturated carbocycles. The molecule has 0 bridgehead atoms. The fourth-order valence-corrected chi connectivity index (χ4v) is 13.5. The van der Waals surface area contributed by atoms with Crippen molar-refractivity contribution in [3.8, 4) is 22.9 Å². The number of ketones is 1. The fourth-order valence-electron chi connectivity index (χ4n) is 10.1. The van der Waals surface area contributed by atoms with Crippen molar-refractivity contribution in [3.63, 3.8) is 0 Å². The normalized spacial score (nSPS) is 26.0. The average Bonchev–Trinajstić information content (AvgIpc) is 3.66. The quantitative estimate of drug-likeness (QED) is 0.103. The molecule has 62 heavy (non-hydrogen) atoms. The van der Waals surface area contributed by atoms with Crippen LogP contribution in [0.5, 0.6) is 11.5 Å². The van der Waals surface area contributed by atoms with Crippen LogP contribution < -0.4 is 14.8 Å². The van der Waals surface area contributed by atoms with Gasteiger partial charge in [0.05, 0.1) is 48.6 Å². The summed E-state index contributed by atoms with van der Waals surface area (Å²) in [5.41, 5.74) is 2.70. The Morgan fingerprint density at radius 2 is 1.69 bits per heavy atom. The molecule has 4 fully saturated rings. The minimum Gasteiger partial charge on any atom is -0.497 e. The number of hydrogen-bond acceptors (Lipinski definition) is 11. The van der Waals surface area contributed by atoms with Gasteiger partial charge in [0.15, 0.2) is 10.9 Å². The summed E-state index contributed by atoms with van der Waals surface area (Å²) < 4.78 is 32.9. The molecule has 4 aliphatic rings. The van der Waals surface area contributed by atoms with E-state index in [-0.39, 0.29) is 67.7 Å². The maximum Gasteiger partial charge on any atom is 0.306 e. The molecule has 2 aromatic carbocycles. The van der Waals surface area contributed by atoms with Gasteiger partial charge in [-0.1, -0.05) is 62.4 Å². The molecule has 1 unspecified atom stereocenters. The fraction of sp³-hybridized carbons (Fsp3) is 0.562. The van der Waals surface area contributed by atoms with Gasteiger partial charge in [0, 0.05) is 47.7 Å². The van der Waals surface area contributed by atoms with E-state index in [4.69, 9.17) is 24.2 Å². The summed E-state index contributed by atoms with van der Waals surface area (Å²) in [6.07, 6.45) is 9.43. The molecule has 2 aliphatic carbocycles. The lowest BCUT2D eigenvalue weighted by Gasteiger charge is -2.30. The van der Waals surface area contributed by atoms with E-state index in [9.17, 15) is 23.8 Å². The summed E-state index contributed by atoms with van der Waals surface area (Å²) in [4.78, 5) is 66.8. The number of esters is 1. The van der Waals surface area contributed by atoms with Crippen LogP contribution in [0.1, 0.15) is 116 Å². The molecule has 4 heterocycles. The Hall–Kier alpha value is -4.32. The van der Waals surface area contributed by atoms with Crippen LogP contribution in [0.2, 0.25) is 0 Å². The topological polar surface area (TPSA) is 157 Å². The molecule has 2 aromatic heterocycles. The Kier molecular flexibility index (Phi) is 13.7. The van der Waals surface area contributed by atoms with Crippen molar-refractivity contribution in [2.45, 2.75) is 146 Å². The molecule has 2 aliphatic heterocycles. The zero-order chi connectivity index (χ0) is 43.4. The minimum absolute atomic E-state index is 0.00189. The number of hydrogen-bond donors (Lipinski definition) is 2. The first-order valence-electron chi connectivity index (χ1n) is 22.7. The second-order valence-corrected chi connectivity index (χ2v) is 21.8. The van der Waals surface area contributed by atoms with E-state index in [0.717, 1.165) is 80.3 Å². The molecule has 2 saturated heterocycles. The van der Waals surface area contributed by atoms with Crippen LogP contribution in [-0.4, -0.2) is 80.5 Å². The summed E-state index contributed by atoms with van der Waals surface area (Å²) in [6, 6.07) is 16.1. The number of nitrogens with zero attached hydrogens (tertiary/aromatic N) is 3. The van der Waals surface area contributed by atoms with Crippen LogP contribution in [-0.2, 0) is 29.8 Å². The van der Waals surface area contributed by atoms with Gasteiger partial charge in [0.25, 0.3) is 0 Å². The SMILES string of the molecule is COc1ccc2c(O[C@@H]3C[C@H]4C(=O)C[C@]5(P(=O)(O)Cc6ccccc6)C[C@H]5CCCCCCC[C@H](CC(=O)OC5CCCC5)C(=O)N4C3)cc(-c3csc(NC(C)C)n3)nc2c1. The number of amides is 1. The number of nitrogens with one attached hydrogen (secondary N) is 1. The van der Waals surface area contributed by atoms with E-state index in [0.29, 0.717) is 41.2 Å². The summed E-state index contributed by atoms with van der Waals surface area (Å²) in [7, 11) is -2.28. The van der Waals surface area contributed by atoms with Gasteiger partial charge in [-0.25, -0.2) is 9.97 Å². The van der Waals surface area contributed by atoms with Crippen LogP contribution in [0, 0.1) is 11.8 Å². The molecule has 332 valence electrons. The molecule has 6 atom stereocenters. The number of rotatable bonds is 12. The van der Waals surface area contributed by atoms with E-state index >= 15 is 0 Å². The van der Waals surface area contributed by atoms with Gasteiger partial charge in [-0.3, -0.25) is 18.9 Å². The number of Topliss-reactive ketones (excluding diaryl/α,β-unsaturated/α-hetero) is 1. The number of fused-ring (bicyclic) bond motifs is 3. The number of pyridine rings is 1. The first-order valence-corrected chi connectivity index (χ1v) is 25.4. The number of aromatic nitrogens is 2. The van der Waals surface area contributed by atoms with Gasteiger partial charge in [0.2, 0.25) is 13.3 Å². The highest BCUT2D eigenvalue weighted by Crippen LogP contribution is 2.75. The average molecular weight is 885 g/mol. The third kappa shape index (κ3) is 10.1. The van der Waals surface area contributed by atoms with Gasteiger partial charge in [0.1, 0.15) is 29.4 Å². The largest absolute Gasteiger partial charge is 0.497 e. The lowest BCUT2D eigenvalue weighted by Crippen LogP contribution is -2.45. The highest BCUT2D eigenvalue weighted by atomic mass is 32.1. The van der Waals surface area contributed by atoms with Gasteiger partial charge in [-0.2, -0.15) is 0 Å².